The zero-order valence-electron chi connectivity index (χ0n) is 7.88. The van der Waals surface area contributed by atoms with Crippen LogP contribution < -0.4 is 0 Å². The number of rotatable bonds is 1. The minimum Gasteiger partial charge on any atom is -0.273 e. The van der Waals surface area contributed by atoms with E-state index >= 15 is 0 Å². The average molecular weight is 282 g/mol. The predicted octanol–water partition coefficient (Wildman–Crippen LogP) is 1.80. The first-order chi connectivity index (χ1) is 6.34. The second-order valence-corrected chi connectivity index (χ2v) is 5.10. The fourth-order valence-corrected chi connectivity index (χ4v) is 0.720. The minimum absolute atomic E-state index is 0.715. The summed E-state index contributed by atoms with van der Waals surface area (Å²) >= 11 is 3.31. The molecule has 0 unspecified atom stereocenters. The molecule has 0 saturated heterocycles. The second kappa shape index (κ2) is 6.13. The average Bonchev–Trinajstić information content (AvgIpc) is 2.04. The van der Waals surface area contributed by atoms with Crippen LogP contribution in [0.5, 0.6) is 0 Å². The first-order valence-electron chi connectivity index (χ1n) is 3.69. The number of nitrogens with zero attached hydrogens (tertiary/aromatic N) is 1. The van der Waals surface area contributed by atoms with Crippen molar-refractivity contribution >= 4 is 26.2 Å². The van der Waals surface area contributed by atoms with E-state index in [1.165, 1.54) is 14.1 Å². The topological polar surface area (TPSA) is 57.6 Å². The van der Waals surface area contributed by atoms with Gasteiger partial charge < -0.3 is 0 Å². The minimum atomic E-state index is -3.91. The van der Waals surface area contributed by atoms with E-state index in [1.807, 2.05) is 30.3 Å². The van der Waals surface area contributed by atoms with Crippen LogP contribution in [0.15, 0.2) is 34.8 Å². The maximum Gasteiger partial charge on any atom is 0.335 e. The van der Waals surface area contributed by atoms with Gasteiger partial charge in [-0.3, -0.25) is 4.55 Å². The Kier molecular flexibility index (Phi) is 5.94. The summed E-state index contributed by atoms with van der Waals surface area (Å²) < 4.78 is 29.5. The lowest BCUT2D eigenvalue weighted by atomic mass is 10.4. The van der Waals surface area contributed by atoms with Gasteiger partial charge in [0.25, 0.3) is 0 Å². The molecule has 1 N–H and O–H groups in total. The largest absolute Gasteiger partial charge is 0.335 e. The van der Waals surface area contributed by atoms with Gasteiger partial charge >= 0.3 is 10.3 Å². The maximum atomic E-state index is 9.81. The smallest absolute Gasteiger partial charge is 0.273 e. The van der Waals surface area contributed by atoms with Gasteiger partial charge in [0.05, 0.1) is 0 Å². The van der Waals surface area contributed by atoms with Crippen molar-refractivity contribution < 1.29 is 13.0 Å². The summed E-state index contributed by atoms with van der Waals surface area (Å²) in [6, 6.07) is 9.97. The lowest BCUT2D eigenvalue weighted by Gasteiger charge is -2.00. The molecule has 4 nitrogen and oxygen atoms in total. The normalized spacial score (nSPS) is 10.6. The molecule has 0 saturated carbocycles. The van der Waals surface area contributed by atoms with Crippen molar-refractivity contribution in [2.24, 2.45) is 0 Å². The summed E-state index contributed by atoms with van der Waals surface area (Å²) in [6.45, 7) is 0. The van der Waals surface area contributed by atoms with Crippen molar-refractivity contribution in [2.75, 3.05) is 14.1 Å². The van der Waals surface area contributed by atoms with Gasteiger partial charge in [-0.15, -0.1) is 0 Å². The molecule has 0 radical (unpaired) electrons. The summed E-state index contributed by atoms with van der Waals surface area (Å²) in [5, 5.41) is 0. The fraction of sp³-hybridized carbons (Fsp3) is 0.250. The molecule has 0 aliphatic heterocycles. The van der Waals surface area contributed by atoms with E-state index in [4.69, 9.17) is 4.55 Å². The first kappa shape index (κ1) is 13.6. The van der Waals surface area contributed by atoms with Gasteiger partial charge in [-0.25, -0.2) is 0 Å². The van der Waals surface area contributed by atoms with Gasteiger partial charge in [0.1, 0.15) is 0 Å². The Morgan fingerprint density at radius 1 is 1.21 bits per heavy atom. The molecule has 14 heavy (non-hydrogen) atoms. The van der Waals surface area contributed by atoms with Gasteiger partial charge in [0.15, 0.2) is 0 Å². The van der Waals surface area contributed by atoms with Crippen LogP contribution in [0, 0.1) is 0 Å². The number of benzene rings is 1. The Bertz CT molecular complexity index is 350. The van der Waals surface area contributed by atoms with Crippen LogP contribution in [-0.4, -0.2) is 31.4 Å². The Morgan fingerprint density at radius 3 is 1.71 bits per heavy atom. The zero-order chi connectivity index (χ0) is 11.2. The number of hydrogen-bond acceptors (Lipinski definition) is 2. The van der Waals surface area contributed by atoms with Crippen molar-refractivity contribution in [1.82, 2.24) is 4.31 Å². The van der Waals surface area contributed by atoms with E-state index in [2.05, 4.69) is 15.9 Å². The van der Waals surface area contributed by atoms with Crippen LogP contribution in [0.2, 0.25) is 0 Å². The van der Waals surface area contributed by atoms with Crippen molar-refractivity contribution in [3.63, 3.8) is 0 Å². The third-order valence-electron chi connectivity index (χ3n) is 1.19. The van der Waals surface area contributed by atoms with Crippen LogP contribution in [0.3, 0.4) is 0 Å². The van der Waals surface area contributed by atoms with Crippen LogP contribution in [0.4, 0.5) is 0 Å². The van der Waals surface area contributed by atoms with Crippen molar-refractivity contribution in [2.45, 2.75) is 0 Å². The summed E-state index contributed by atoms with van der Waals surface area (Å²) in [4.78, 5) is 0. The Labute approximate surface area is 92.6 Å². The highest BCUT2D eigenvalue weighted by molar-refractivity contribution is 9.10. The van der Waals surface area contributed by atoms with Crippen molar-refractivity contribution in [1.29, 1.82) is 0 Å². The first-order valence-corrected chi connectivity index (χ1v) is 5.88. The van der Waals surface area contributed by atoms with E-state index in [9.17, 15) is 8.42 Å². The Morgan fingerprint density at radius 2 is 1.57 bits per heavy atom. The monoisotopic (exact) mass is 281 g/mol. The molecule has 0 aromatic heterocycles. The molecule has 1 aromatic carbocycles. The Balaban J connectivity index is 0.000000241. The molecule has 0 spiro atoms. The van der Waals surface area contributed by atoms with Gasteiger partial charge in [0, 0.05) is 18.6 Å². The highest BCUT2D eigenvalue weighted by Crippen LogP contribution is 2.05. The molecule has 0 fully saturated rings. The van der Waals surface area contributed by atoms with Crippen LogP contribution in [0.1, 0.15) is 0 Å². The quantitative estimate of drug-likeness (QED) is 0.799. The van der Waals surface area contributed by atoms with E-state index in [0.29, 0.717) is 4.31 Å². The maximum absolute atomic E-state index is 9.81. The lowest BCUT2D eigenvalue weighted by Crippen LogP contribution is -2.20. The Hall–Kier alpha value is -0.430. The van der Waals surface area contributed by atoms with E-state index in [0.717, 1.165) is 4.47 Å². The molecule has 0 bridgehead atoms. The van der Waals surface area contributed by atoms with E-state index in [1.54, 1.807) is 0 Å². The molecule has 0 atom stereocenters. The number of hydrogen-bond donors (Lipinski definition) is 1. The van der Waals surface area contributed by atoms with Crippen LogP contribution in [-0.2, 0) is 10.3 Å². The lowest BCUT2D eigenvalue weighted by molar-refractivity contribution is 0.416. The zero-order valence-corrected chi connectivity index (χ0v) is 10.3. The van der Waals surface area contributed by atoms with E-state index < -0.39 is 10.3 Å². The number of halogens is 1. The molecule has 80 valence electrons. The summed E-state index contributed by atoms with van der Waals surface area (Å²) in [7, 11) is -1.42. The SMILES string of the molecule is Brc1ccccc1.CN(C)S(=O)(=O)O. The molecule has 0 aliphatic carbocycles. The molecule has 1 rings (SSSR count). The van der Waals surface area contributed by atoms with E-state index in [-0.39, 0.29) is 0 Å². The van der Waals surface area contributed by atoms with Crippen LogP contribution in [0.25, 0.3) is 0 Å². The highest BCUT2D eigenvalue weighted by Gasteiger charge is 2.04. The van der Waals surface area contributed by atoms with Gasteiger partial charge in [-0.1, -0.05) is 34.1 Å². The van der Waals surface area contributed by atoms with Crippen LogP contribution >= 0.6 is 15.9 Å². The predicted molar refractivity (Wildman–Crippen MR) is 59.4 cm³/mol. The highest BCUT2D eigenvalue weighted by atomic mass is 79.9. The molecule has 0 aliphatic rings. The summed E-state index contributed by atoms with van der Waals surface area (Å²) in [5.74, 6) is 0. The second-order valence-electron chi connectivity index (χ2n) is 2.56. The summed E-state index contributed by atoms with van der Waals surface area (Å²) in [6.07, 6.45) is 0. The van der Waals surface area contributed by atoms with Gasteiger partial charge in [-0.2, -0.15) is 12.7 Å². The third kappa shape index (κ3) is 7.02. The molecule has 0 amide bonds. The third-order valence-corrected chi connectivity index (χ3v) is 2.65. The summed E-state index contributed by atoms with van der Waals surface area (Å²) in [5.41, 5.74) is 0. The van der Waals surface area contributed by atoms with Gasteiger partial charge in [-0.05, 0) is 12.1 Å². The molecule has 6 heteroatoms. The van der Waals surface area contributed by atoms with Crippen molar-refractivity contribution in [3.05, 3.63) is 34.8 Å². The fourth-order valence-electron chi connectivity index (χ4n) is 0.415. The molecular weight excluding hydrogens is 270 g/mol. The molecule has 0 heterocycles. The van der Waals surface area contributed by atoms with Crippen molar-refractivity contribution in [3.8, 4) is 0 Å². The van der Waals surface area contributed by atoms with Gasteiger partial charge in [0.2, 0.25) is 0 Å². The molecule has 1 aromatic rings. The standard InChI is InChI=1S/C6H5Br.C2H7NO3S/c7-6-4-2-1-3-5-6;1-3(2)7(4,5)6/h1-5H;1-2H3,(H,4,5,6). The molecular formula is C8H12BrNO3S.